The summed E-state index contributed by atoms with van der Waals surface area (Å²) >= 11 is 0. The van der Waals surface area contributed by atoms with Crippen molar-refractivity contribution < 1.29 is 14.0 Å². The first-order valence-electron chi connectivity index (χ1n) is 9.51. The third kappa shape index (κ3) is 3.46. The third-order valence-corrected chi connectivity index (χ3v) is 5.75. The van der Waals surface area contributed by atoms with Crippen molar-refractivity contribution in [3.05, 3.63) is 65.5 Å². The Balaban J connectivity index is 1.50. The van der Waals surface area contributed by atoms with E-state index in [2.05, 4.69) is 5.32 Å². The van der Waals surface area contributed by atoms with Gasteiger partial charge in [-0.05, 0) is 54.7 Å². The molecule has 1 aliphatic carbocycles. The van der Waals surface area contributed by atoms with E-state index in [0.717, 1.165) is 43.4 Å². The number of likely N-dealkylation sites (tertiary alicyclic amines) is 1. The van der Waals surface area contributed by atoms with Crippen molar-refractivity contribution in [3.8, 4) is 0 Å². The lowest BCUT2D eigenvalue weighted by Crippen LogP contribution is -2.46. The minimum absolute atomic E-state index is 0.0891. The lowest BCUT2D eigenvalue weighted by Gasteiger charge is -2.40. The SMILES string of the molecule is O=C1CCCN1Cc1cccc(NC(=O)C2(c3cccc(F)c3)CCC2)c1. The first-order chi connectivity index (χ1) is 13.1. The summed E-state index contributed by atoms with van der Waals surface area (Å²) in [7, 11) is 0. The maximum absolute atomic E-state index is 13.7. The minimum Gasteiger partial charge on any atom is -0.338 e. The molecular formula is C22H23FN2O2. The van der Waals surface area contributed by atoms with Gasteiger partial charge in [0.05, 0.1) is 5.41 Å². The molecule has 2 fully saturated rings. The molecule has 1 N–H and O–H groups in total. The average Bonchev–Trinajstić information content (AvgIpc) is 2.99. The van der Waals surface area contributed by atoms with Crippen molar-refractivity contribution in [2.24, 2.45) is 0 Å². The van der Waals surface area contributed by atoms with Gasteiger partial charge in [-0.3, -0.25) is 9.59 Å². The number of anilines is 1. The van der Waals surface area contributed by atoms with Crippen LogP contribution >= 0.6 is 0 Å². The molecule has 2 amide bonds. The number of amides is 2. The zero-order valence-electron chi connectivity index (χ0n) is 15.2. The van der Waals surface area contributed by atoms with Crippen LogP contribution in [0.2, 0.25) is 0 Å². The summed E-state index contributed by atoms with van der Waals surface area (Å²) in [6.07, 6.45) is 3.94. The topological polar surface area (TPSA) is 49.4 Å². The van der Waals surface area contributed by atoms with Crippen molar-refractivity contribution in [2.75, 3.05) is 11.9 Å². The Hall–Kier alpha value is -2.69. The summed E-state index contributed by atoms with van der Waals surface area (Å²) in [5, 5.41) is 3.01. The van der Waals surface area contributed by atoms with Gasteiger partial charge in [-0.1, -0.05) is 30.7 Å². The Morgan fingerprint density at radius 3 is 2.59 bits per heavy atom. The first kappa shape index (κ1) is 17.7. The number of nitrogens with zero attached hydrogens (tertiary/aromatic N) is 1. The molecule has 1 saturated carbocycles. The molecule has 2 aromatic carbocycles. The van der Waals surface area contributed by atoms with Gasteiger partial charge in [0.15, 0.2) is 0 Å². The van der Waals surface area contributed by atoms with Gasteiger partial charge in [-0.2, -0.15) is 0 Å². The van der Waals surface area contributed by atoms with Crippen LogP contribution in [0.5, 0.6) is 0 Å². The molecule has 0 atom stereocenters. The lowest BCUT2D eigenvalue weighted by atomic mass is 9.63. The number of nitrogens with one attached hydrogen (secondary N) is 1. The molecule has 0 bridgehead atoms. The zero-order chi connectivity index (χ0) is 18.9. The number of carbonyl (C=O) groups is 2. The first-order valence-corrected chi connectivity index (χ1v) is 9.51. The summed E-state index contributed by atoms with van der Waals surface area (Å²) in [4.78, 5) is 26.7. The van der Waals surface area contributed by atoms with Gasteiger partial charge in [0.1, 0.15) is 5.82 Å². The Morgan fingerprint density at radius 2 is 1.93 bits per heavy atom. The van der Waals surface area contributed by atoms with Gasteiger partial charge >= 0.3 is 0 Å². The number of benzene rings is 2. The second-order valence-corrected chi connectivity index (χ2v) is 7.52. The van der Waals surface area contributed by atoms with E-state index < -0.39 is 5.41 Å². The highest BCUT2D eigenvalue weighted by Gasteiger charge is 2.45. The number of hydrogen-bond acceptors (Lipinski definition) is 2. The Morgan fingerprint density at radius 1 is 1.11 bits per heavy atom. The summed E-state index contributed by atoms with van der Waals surface area (Å²) in [6.45, 7) is 1.36. The number of rotatable bonds is 5. The second-order valence-electron chi connectivity index (χ2n) is 7.52. The number of hydrogen-bond donors (Lipinski definition) is 1. The molecule has 5 heteroatoms. The normalized spacial score (nSPS) is 18.3. The van der Waals surface area contributed by atoms with Gasteiger partial charge < -0.3 is 10.2 Å². The van der Waals surface area contributed by atoms with E-state index >= 15 is 0 Å². The second kappa shape index (κ2) is 7.14. The molecule has 0 spiro atoms. The molecule has 2 aliphatic rings. The molecule has 1 saturated heterocycles. The van der Waals surface area contributed by atoms with E-state index in [1.165, 1.54) is 12.1 Å². The summed E-state index contributed by atoms with van der Waals surface area (Å²) in [5.74, 6) is -0.221. The van der Waals surface area contributed by atoms with Gasteiger partial charge in [-0.15, -0.1) is 0 Å². The number of carbonyl (C=O) groups excluding carboxylic acids is 2. The van der Waals surface area contributed by atoms with E-state index in [1.807, 2.05) is 35.2 Å². The maximum Gasteiger partial charge on any atom is 0.235 e. The fraction of sp³-hybridized carbons (Fsp3) is 0.364. The van der Waals surface area contributed by atoms with Gasteiger partial charge in [0, 0.05) is 25.2 Å². The van der Waals surface area contributed by atoms with Crippen LogP contribution in [0.4, 0.5) is 10.1 Å². The number of halogens is 1. The smallest absolute Gasteiger partial charge is 0.235 e. The summed E-state index contributed by atoms with van der Waals surface area (Å²) in [6, 6.07) is 14.0. The highest BCUT2D eigenvalue weighted by Crippen LogP contribution is 2.44. The van der Waals surface area contributed by atoms with Crippen molar-refractivity contribution in [2.45, 2.75) is 44.1 Å². The minimum atomic E-state index is -0.650. The molecule has 2 aromatic rings. The van der Waals surface area contributed by atoms with Gasteiger partial charge in [0.25, 0.3) is 0 Å². The predicted molar refractivity (Wildman–Crippen MR) is 102 cm³/mol. The van der Waals surface area contributed by atoms with Crippen molar-refractivity contribution >= 4 is 17.5 Å². The van der Waals surface area contributed by atoms with Crippen LogP contribution < -0.4 is 5.32 Å². The Kier molecular flexibility index (Phi) is 4.68. The zero-order valence-corrected chi connectivity index (χ0v) is 15.2. The Bertz CT molecular complexity index is 876. The fourth-order valence-electron chi connectivity index (χ4n) is 4.05. The van der Waals surface area contributed by atoms with Crippen LogP contribution in [0.15, 0.2) is 48.5 Å². The van der Waals surface area contributed by atoms with E-state index in [1.54, 1.807) is 6.07 Å². The predicted octanol–water partition coefficient (Wildman–Crippen LogP) is 4.01. The van der Waals surface area contributed by atoms with Crippen molar-refractivity contribution in [3.63, 3.8) is 0 Å². The molecule has 0 aromatic heterocycles. The molecular weight excluding hydrogens is 343 g/mol. The molecule has 1 aliphatic heterocycles. The van der Waals surface area contributed by atoms with Crippen LogP contribution in [0.1, 0.15) is 43.2 Å². The van der Waals surface area contributed by atoms with E-state index in [4.69, 9.17) is 0 Å². The van der Waals surface area contributed by atoms with Crippen molar-refractivity contribution in [1.29, 1.82) is 0 Å². The van der Waals surface area contributed by atoms with E-state index in [9.17, 15) is 14.0 Å². The molecule has 4 nitrogen and oxygen atoms in total. The molecule has 140 valence electrons. The highest BCUT2D eigenvalue weighted by atomic mass is 19.1. The largest absolute Gasteiger partial charge is 0.338 e. The molecule has 4 rings (SSSR count). The summed E-state index contributed by atoms with van der Waals surface area (Å²) < 4.78 is 13.7. The summed E-state index contributed by atoms with van der Waals surface area (Å²) in [5.41, 5.74) is 1.80. The maximum atomic E-state index is 13.7. The lowest BCUT2D eigenvalue weighted by molar-refractivity contribution is -0.128. The fourth-order valence-corrected chi connectivity index (χ4v) is 4.05. The molecule has 1 heterocycles. The van der Waals surface area contributed by atoms with E-state index in [0.29, 0.717) is 18.7 Å². The van der Waals surface area contributed by atoms with Gasteiger partial charge in [-0.25, -0.2) is 4.39 Å². The standard InChI is InChI=1S/C22H23FN2O2/c23-18-7-2-6-17(14-18)22(10-4-11-22)21(27)24-19-8-1-5-16(13-19)15-25-12-3-9-20(25)26/h1-2,5-8,13-14H,3-4,9-12,15H2,(H,24,27). The van der Waals surface area contributed by atoms with Crippen molar-refractivity contribution in [1.82, 2.24) is 4.90 Å². The molecule has 27 heavy (non-hydrogen) atoms. The van der Waals surface area contributed by atoms with Crippen LogP contribution in [0, 0.1) is 5.82 Å². The van der Waals surface area contributed by atoms with Crippen LogP contribution in [0.3, 0.4) is 0 Å². The van der Waals surface area contributed by atoms with Crippen LogP contribution in [-0.4, -0.2) is 23.3 Å². The monoisotopic (exact) mass is 366 g/mol. The third-order valence-electron chi connectivity index (χ3n) is 5.75. The quantitative estimate of drug-likeness (QED) is 0.869. The van der Waals surface area contributed by atoms with E-state index in [-0.39, 0.29) is 17.6 Å². The van der Waals surface area contributed by atoms with Gasteiger partial charge in [0.2, 0.25) is 11.8 Å². The molecule has 0 radical (unpaired) electrons. The highest BCUT2D eigenvalue weighted by molar-refractivity contribution is 6.00. The average molecular weight is 366 g/mol. The Labute approximate surface area is 158 Å². The molecule has 0 unspecified atom stereocenters. The van der Waals surface area contributed by atoms with Crippen LogP contribution in [0.25, 0.3) is 0 Å². The van der Waals surface area contributed by atoms with Crippen LogP contribution in [-0.2, 0) is 21.5 Å².